The summed E-state index contributed by atoms with van der Waals surface area (Å²) >= 11 is 0. The number of nitrogens with one attached hydrogen (secondary N) is 1. The lowest BCUT2D eigenvalue weighted by Gasteiger charge is -2.20. The van der Waals surface area contributed by atoms with Gasteiger partial charge in [0.15, 0.2) is 0 Å². The van der Waals surface area contributed by atoms with Crippen molar-refractivity contribution < 1.29 is 19.5 Å². The first kappa shape index (κ1) is 16.7. The number of hydrogen-bond donors (Lipinski definition) is 2. The Morgan fingerprint density at radius 3 is 2.40 bits per heavy atom. The topological polar surface area (TPSA) is 86.7 Å². The van der Waals surface area contributed by atoms with E-state index >= 15 is 0 Å². The van der Waals surface area contributed by atoms with Crippen LogP contribution in [0.15, 0.2) is 42.5 Å². The quantitative estimate of drug-likeness (QED) is 0.837. The van der Waals surface area contributed by atoms with Crippen LogP contribution in [0.5, 0.6) is 0 Å². The van der Waals surface area contributed by atoms with Gasteiger partial charge in [0.1, 0.15) is 6.04 Å². The van der Waals surface area contributed by atoms with Crippen molar-refractivity contribution in [1.29, 1.82) is 0 Å². The summed E-state index contributed by atoms with van der Waals surface area (Å²) in [5.74, 6) is -1.65. The van der Waals surface area contributed by atoms with Crippen molar-refractivity contribution in [3.8, 4) is 0 Å². The van der Waals surface area contributed by atoms with E-state index in [4.69, 9.17) is 5.11 Å². The van der Waals surface area contributed by atoms with Crippen molar-refractivity contribution >= 4 is 29.2 Å². The lowest BCUT2D eigenvalue weighted by molar-refractivity contribution is -0.121. The highest BCUT2D eigenvalue weighted by atomic mass is 16.4. The molecule has 6 heteroatoms. The minimum atomic E-state index is -1.05. The monoisotopic (exact) mass is 338 g/mol. The fraction of sp³-hybridized carbons (Fsp3) is 0.211. The molecule has 3 rings (SSSR count). The van der Waals surface area contributed by atoms with Gasteiger partial charge in [-0.3, -0.25) is 9.59 Å². The normalized spacial score (nSPS) is 17.0. The smallest absolute Gasteiger partial charge is 0.335 e. The largest absolute Gasteiger partial charge is 0.478 e. The van der Waals surface area contributed by atoms with E-state index in [1.165, 1.54) is 17.0 Å². The Hall–Kier alpha value is -3.15. The number of anilines is 2. The molecule has 0 aromatic heterocycles. The van der Waals surface area contributed by atoms with Crippen molar-refractivity contribution in [3.63, 3.8) is 0 Å². The van der Waals surface area contributed by atoms with E-state index in [-0.39, 0.29) is 23.8 Å². The fourth-order valence-electron chi connectivity index (χ4n) is 3.08. The van der Waals surface area contributed by atoms with E-state index in [1.54, 1.807) is 12.1 Å². The van der Waals surface area contributed by atoms with Crippen LogP contribution in [0.2, 0.25) is 0 Å². The number of benzene rings is 2. The summed E-state index contributed by atoms with van der Waals surface area (Å²) in [6, 6.07) is 11.1. The molecular formula is C19H18N2O4. The van der Waals surface area contributed by atoms with Gasteiger partial charge in [-0.2, -0.15) is 0 Å². The molecule has 1 aliphatic rings. The third kappa shape index (κ3) is 3.10. The lowest BCUT2D eigenvalue weighted by atomic mass is 10.1. The summed E-state index contributed by atoms with van der Waals surface area (Å²) in [5, 5.41) is 12.0. The number of nitrogens with zero attached hydrogens (tertiary/aromatic N) is 1. The van der Waals surface area contributed by atoms with Crippen molar-refractivity contribution in [2.45, 2.75) is 26.3 Å². The van der Waals surface area contributed by atoms with Crippen LogP contribution in [0.1, 0.15) is 27.9 Å². The number of carbonyl (C=O) groups is 3. The molecule has 0 spiro atoms. The molecule has 6 nitrogen and oxygen atoms in total. The molecule has 1 atom stereocenters. The molecule has 2 aromatic rings. The molecule has 2 aromatic carbocycles. The average Bonchev–Trinajstić information content (AvgIpc) is 2.82. The number of aryl methyl sites for hydroxylation is 2. The number of imide groups is 1. The van der Waals surface area contributed by atoms with Crippen LogP contribution in [0.25, 0.3) is 0 Å². The van der Waals surface area contributed by atoms with E-state index in [0.717, 1.165) is 11.1 Å². The van der Waals surface area contributed by atoms with Gasteiger partial charge in [0.05, 0.1) is 17.7 Å². The molecule has 1 heterocycles. The molecule has 128 valence electrons. The molecule has 2 amide bonds. The van der Waals surface area contributed by atoms with E-state index in [9.17, 15) is 14.4 Å². The molecule has 0 aliphatic carbocycles. The van der Waals surface area contributed by atoms with Crippen molar-refractivity contribution in [1.82, 2.24) is 0 Å². The minimum Gasteiger partial charge on any atom is -0.478 e. The van der Waals surface area contributed by atoms with Crippen molar-refractivity contribution in [2.24, 2.45) is 0 Å². The zero-order valence-corrected chi connectivity index (χ0v) is 13.9. The predicted octanol–water partition coefficient (Wildman–Crippen LogP) is 2.75. The van der Waals surface area contributed by atoms with Gasteiger partial charge in [-0.1, -0.05) is 24.3 Å². The van der Waals surface area contributed by atoms with Gasteiger partial charge in [-0.25, -0.2) is 9.69 Å². The summed E-state index contributed by atoms with van der Waals surface area (Å²) < 4.78 is 0. The van der Waals surface area contributed by atoms with Crippen molar-refractivity contribution in [3.05, 3.63) is 59.2 Å². The lowest BCUT2D eigenvalue weighted by Crippen LogP contribution is -2.35. The zero-order valence-electron chi connectivity index (χ0n) is 13.9. The van der Waals surface area contributed by atoms with Crippen LogP contribution >= 0.6 is 0 Å². The predicted molar refractivity (Wildman–Crippen MR) is 93.8 cm³/mol. The summed E-state index contributed by atoms with van der Waals surface area (Å²) in [4.78, 5) is 37.5. The van der Waals surface area contributed by atoms with E-state index in [1.807, 2.05) is 32.0 Å². The maximum absolute atomic E-state index is 12.8. The first-order valence-corrected chi connectivity index (χ1v) is 7.91. The molecule has 0 radical (unpaired) electrons. The summed E-state index contributed by atoms with van der Waals surface area (Å²) in [6.45, 7) is 3.72. The van der Waals surface area contributed by atoms with E-state index < -0.39 is 12.0 Å². The zero-order chi connectivity index (χ0) is 18.1. The first-order valence-electron chi connectivity index (χ1n) is 7.91. The van der Waals surface area contributed by atoms with Gasteiger partial charge in [0, 0.05) is 5.69 Å². The Labute approximate surface area is 145 Å². The van der Waals surface area contributed by atoms with Crippen LogP contribution < -0.4 is 10.2 Å². The third-order valence-electron chi connectivity index (χ3n) is 4.26. The SMILES string of the molecule is Cc1cccc(C)c1N1C(=O)C[C@H](Nc2cccc(C(=O)O)c2)C1=O. The molecule has 1 fully saturated rings. The fourth-order valence-corrected chi connectivity index (χ4v) is 3.08. The number of amides is 2. The highest BCUT2D eigenvalue weighted by Crippen LogP contribution is 2.30. The Kier molecular flexibility index (Phi) is 4.27. The highest BCUT2D eigenvalue weighted by Gasteiger charge is 2.40. The Bertz CT molecular complexity index is 855. The number of hydrogen-bond acceptors (Lipinski definition) is 4. The van der Waals surface area contributed by atoms with Gasteiger partial charge < -0.3 is 10.4 Å². The molecular weight excluding hydrogens is 320 g/mol. The van der Waals surface area contributed by atoms with Gasteiger partial charge in [0.25, 0.3) is 5.91 Å². The summed E-state index contributed by atoms with van der Waals surface area (Å²) in [7, 11) is 0. The van der Waals surface area contributed by atoms with Gasteiger partial charge >= 0.3 is 5.97 Å². The number of carboxylic acids is 1. The number of rotatable bonds is 4. The number of carboxylic acid groups (broad SMARTS) is 1. The molecule has 2 N–H and O–H groups in total. The standard InChI is InChI=1S/C19H18N2O4/c1-11-5-3-6-12(2)17(11)21-16(22)10-15(18(21)23)20-14-8-4-7-13(9-14)19(24)25/h3-9,15,20H,10H2,1-2H3,(H,24,25)/t15-/m0/s1. The summed E-state index contributed by atoms with van der Waals surface area (Å²) in [6.07, 6.45) is 0.0317. The first-order chi connectivity index (χ1) is 11.9. The van der Waals surface area contributed by atoms with Crippen LogP contribution in [0.4, 0.5) is 11.4 Å². The van der Waals surface area contributed by atoms with E-state index in [2.05, 4.69) is 5.32 Å². The maximum Gasteiger partial charge on any atom is 0.335 e. The number of carbonyl (C=O) groups excluding carboxylic acids is 2. The maximum atomic E-state index is 12.8. The van der Waals surface area contributed by atoms with Crippen LogP contribution in [0, 0.1) is 13.8 Å². The van der Waals surface area contributed by atoms with E-state index in [0.29, 0.717) is 11.4 Å². The molecule has 25 heavy (non-hydrogen) atoms. The molecule has 1 saturated heterocycles. The van der Waals surface area contributed by atoms with Gasteiger partial charge in [0.2, 0.25) is 5.91 Å². The average molecular weight is 338 g/mol. The minimum absolute atomic E-state index is 0.0317. The molecule has 0 saturated carbocycles. The van der Waals surface area contributed by atoms with Crippen LogP contribution in [-0.4, -0.2) is 28.9 Å². The van der Waals surface area contributed by atoms with Gasteiger partial charge in [-0.15, -0.1) is 0 Å². The second-order valence-electron chi connectivity index (χ2n) is 6.09. The molecule has 1 aliphatic heterocycles. The molecule has 0 unspecified atom stereocenters. The summed E-state index contributed by atoms with van der Waals surface area (Å²) in [5.41, 5.74) is 2.95. The second kappa shape index (κ2) is 6.39. The van der Waals surface area contributed by atoms with Crippen LogP contribution in [-0.2, 0) is 9.59 Å². The number of aromatic carboxylic acids is 1. The van der Waals surface area contributed by atoms with Crippen molar-refractivity contribution in [2.75, 3.05) is 10.2 Å². The molecule has 0 bridgehead atoms. The van der Waals surface area contributed by atoms with Gasteiger partial charge in [-0.05, 0) is 43.2 Å². The number of para-hydroxylation sites is 1. The Morgan fingerprint density at radius 2 is 1.76 bits per heavy atom. The Balaban J connectivity index is 1.87. The highest BCUT2D eigenvalue weighted by molar-refractivity contribution is 6.23. The Morgan fingerprint density at radius 1 is 1.12 bits per heavy atom. The van der Waals surface area contributed by atoms with Crippen LogP contribution in [0.3, 0.4) is 0 Å². The third-order valence-corrected chi connectivity index (χ3v) is 4.26. The second-order valence-corrected chi connectivity index (χ2v) is 6.09.